The Labute approximate surface area is 137 Å². The summed E-state index contributed by atoms with van der Waals surface area (Å²) in [5.74, 6) is 1.05. The molecule has 23 heavy (non-hydrogen) atoms. The van der Waals surface area contributed by atoms with Gasteiger partial charge in [0, 0.05) is 25.0 Å². The van der Waals surface area contributed by atoms with Gasteiger partial charge in [0.25, 0.3) is 0 Å². The second-order valence-electron chi connectivity index (χ2n) is 5.58. The third-order valence-corrected chi connectivity index (χ3v) is 4.16. The average Bonchev–Trinajstić information content (AvgIpc) is 3.32. The van der Waals surface area contributed by atoms with E-state index in [4.69, 9.17) is 4.74 Å². The first-order valence-corrected chi connectivity index (χ1v) is 8.05. The largest absolute Gasteiger partial charge is 0.496 e. The molecule has 1 aromatic rings. The van der Waals surface area contributed by atoms with Crippen LogP contribution in [-0.4, -0.2) is 49.6 Å². The normalized spacial score (nSPS) is 18.9. The van der Waals surface area contributed by atoms with Gasteiger partial charge in [0.1, 0.15) is 5.75 Å². The zero-order valence-electron chi connectivity index (χ0n) is 14.0. The minimum absolute atomic E-state index is 0.0273. The predicted octanol–water partition coefficient (Wildman–Crippen LogP) is 1.72. The first-order valence-electron chi connectivity index (χ1n) is 8.05. The van der Waals surface area contributed by atoms with Crippen molar-refractivity contribution in [1.82, 2.24) is 15.5 Å². The Balaban J connectivity index is 1.79. The zero-order chi connectivity index (χ0) is 16.8. The van der Waals surface area contributed by atoms with E-state index in [0.29, 0.717) is 13.1 Å². The number of nitrogens with zero attached hydrogens (tertiary/aromatic N) is 1. The molecular weight excluding hydrogens is 294 g/mol. The molecule has 0 aliphatic heterocycles. The fourth-order valence-electron chi connectivity index (χ4n) is 2.73. The number of carbonyl (C=O) groups is 2. The Morgan fingerprint density at radius 2 is 1.96 bits per heavy atom. The molecule has 6 nitrogen and oxygen atoms in total. The van der Waals surface area contributed by atoms with E-state index in [1.807, 2.05) is 38.1 Å². The minimum atomic E-state index is -0.298. The van der Waals surface area contributed by atoms with Crippen LogP contribution in [0.4, 0.5) is 4.79 Å². The summed E-state index contributed by atoms with van der Waals surface area (Å²) in [6.07, 6.45) is 0.887. The standard InChI is InChI=1S/C17H25N3O3/c1-4-20(5-2)16(21)11-18-17(22)19-14-10-13(14)12-8-6-7-9-15(12)23-3/h6-9,13-14H,4-5,10-11H2,1-3H3,(H2,18,19,22)/t13-,14+/m0/s1. The number of rotatable bonds is 7. The Morgan fingerprint density at radius 1 is 1.26 bits per heavy atom. The molecular formula is C17H25N3O3. The molecule has 1 aliphatic rings. The van der Waals surface area contributed by atoms with Gasteiger partial charge in [0.15, 0.2) is 0 Å². The molecule has 1 saturated carbocycles. The number of carbonyl (C=O) groups excluding carboxylic acids is 2. The van der Waals surface area contributed by atoms with Crippen molar-refractivity contribution in [3.05, 3.63) is 29.8 Å². The maximum Gasteiger partial charge on any atom is 0.315 e. The molecule has 126 valence electrons. The topological polar surface area (TPSA) is 70.7 Å². The molecule has 0 unspecified atom stereocenters. The Morgan fingerprint density at radius 3 is 2.61 bits per heavy atom. The number of hydrogen-bond donors (Lipinski definition) is 2. The maximum absolute atomic E-state index is 11.9. The molecule has 1 aliphatic carbocycles. The van der Waals surface area contributed by atoms with Crippen molar-refractivity contribution >= 4 is 11.9 Å². The number of benzene rings is 1. The molecule has 0 heterocycles. The van der Waals surface area contributed by atoms with E-state index in [1.165, 1.54) is 0 Å². The van der Waals surface area contributed by atoms with E-state index >= 15 is 0 Å². The molecule has 6 heteroatoms. The van der Waals surface area contributed by atoms with E-state index in [-0.39, 0.29) is 30.4 Å². The van der Waals surface area contributed by atoms with Gasteiger partial charge in [-0.25, -0.2) is 4.79 Å². The smallest absolute Gasteiger partial charge is 0.315 e. The van der Waals surface area contributed by atoms with Crippen molar-refractivity contribution in [2.45, 2.75) is 32.2 Å². The third-order valence-electron chi connectivity index (χ3n) is 4.16. The predicted molar refractivity (Wildman–Crippen MR) is 88.6 cm³/mol. The molecule has 2 N–H and O–H groups in total. The second kappa shape index (κ2) is 7.85. The number of methoxy groups -OCH3 is 1. The van der Waals surface area contributed by atoms with Crippen molar-refractivity contribution in [3.8, 4) is 5.75 Å². The van der Waals surface area contributed by atoms with E-state index in [0.717, 1.165) is 17.7 Å². The van der Waals surface area contributed by atoms with E-state index in [2.05, 4.69) is 10.6 Å². The van der Waals surface area contributed by atoms with Crippen LogP contribution in [0.25, 0.3) is 0 Å². The van der Waals surface area contributed by atoms with Crippen LogP contribution in [0.1, 0.15) is 31.7 Å². The maximum atomic E-state index is 11.9. The van der Waals surface area contributed by atoms with Gasteiger partial charge >= 0.3 is 6.03 Å². The summed E-state index contributed by atoms with van der Waals surface area (Å²) in [4.78, 5) is 25.4. The number of nitrogens with one attached hydrogen (secondary N) is 2. The SMILES string of the molecule is CCN(CC)C(=O)CNC(=O)N[C@@H]1C[C@H]1c1ccccc1OC. The number of hydrogen-bond acceptors (Lipinski definition) is 3. The first-order chi connectivity index (χ1) is 11.1. The van der Waals surface area contributed by atoms with Crippen LogP contribution in [0.15, 0.2) is 24.3 Å². The van der Waals surface area contributed by atoms with E-state index in [1.54, 1.807) is 12.0 Å². The highest BCUT2D eigenvalue weighted by Crippen LogP contribution is 2.44. The summed E-state index contributed by atoms with van der Waals surface area (Å²) in [7, 11) is 1.65. The third kappa shape index (κ3) is 4.37. The van der Waals surface area contributed by atoms with E-state index in [9.17, 15) is 9.59 Å². The van der Waals surface area contributed by atoms with Crippen LogP contribution in [0.2, 0.25) is 0 Å². The van der Waals surface area contributed by atoms with Gasteiger partial charge in [-0.1, -0.05) is 18.2 Å². The second-order valence-corrected chi connectivity index (χ2v) is 5.58. The lowest BCUT2D eigenvalue weighted by Crippen LogP contribution is -2.44. The van der Waals surface area contributed by atoms with Crippen LogP contribution >= 0.6 is 0 Å². The van der Waals surface area contributed by atoms with Gasteiger partial charge in [-0.05, 0) is 31.9 Å². The molecule has 0 radical (unpaired) electrons. The number of ether oxygens (including phenoxy) is 1. The minimum Gasteiger partial charge on any atom is -0.496 e. The quantitative estimate of drug-likeness (QED) is 0.804. The fraction of sp³-hybridized carbons (Fsp3) is 0.529. The van der Waals surface area contributed by atoms with Gasteiger partial charge in [-0.2, -0.15) is 0 Å². The van der Waals surface area contributed by atoms with Gasteiger partial charge in [0.2, 0.25) is 5.91 Å². The van der Waals surface area contributed by atoms with Crippen LogP contribution in [0.3, 0.4) is 0 Å². The van der Waals surface area contributed by atoms with Gasteiger partial charge in [-0.3, -0.25) is 4.79 Å². The highest BCUT2D eigenvalue weighted by Gasteiger charge is 2.41. The number of urea groups is 1. The van der Waals surface area contributed by atoms with Crippen LogP contribution in [0.5, 0.6) is 5.75 Å². The number of amides is 3. The van der Waals surface area contributed by atoms with Crippen LogP contribution < -0.4 is 15.4 Å². The van der Waals surface area contributed by atoms with Crippen molar-refractivity contribution in [2.75, 3.05) is 26.7 Å². The van der Waals surface area contributed by atoms with Crippen molar-refractivity contribution in [1.29, 1.82) is 0 Å². The van der Waals surface area contributed by atoms with Gasteiger partial charge in [-0.15, -0.1) is 0 Å². The Bertz CT molecular complexity index is 558. The lowest BCUT2D eigenvalue weighted by molar-refractivity contribution is -0.129. The molecule has 0 bridgehead atoms. The first kappa shape index (κ1) is 17.1. The molecule has 1 aromatic carbocycles. The zero-order valence-corrected chi connectivity index (χ0v) is 14.0. The number of para-hydroxylation sites is 1. The molecule has 1 fully saturated rings. The number of likely N-dealkylation sites (N-methyl/N-ethyl adjacent to an activating group) is 1. The van der Waals surface area contributed by atoms with Gasteiger partial charge in [0.05, 0.1) is 13.7 Å². The van der Waals surface area contributed by atoms with Gasteiger partial charge < -0.3 is 20.3 Å². The Kier molecular flexibility index (Phi) is 5.84. The van der Waals surface area contributed by atoms with E-state index < -0.39 is 0 Å². The van der Waals surface area contributed by atoms with Crippen LogP contribution in [0, 0.1) is 0 Å². The highest BCUT2D eigenvalue weighted by atomic mass is 16.5. The fourth-order valence-corrected chi connectivity index (χ4v) is 2.73. The van der Waals surface area contributed by atoms with Crippen molar-refractivity contribution in [2.24, 2.45) is 0 Å². The van der Waals surface area contributed by atoms with Crippen LogP contribution in [-0.2, 0) is 4.79 Å². The Hall–Kier alpha value is -2.24. The molecule has 3 amide bonds. The van der Waals surface area contributed by atoms with Crippen molar-refractivity contribution < 1.29 is 14.3 Å². The average molecular weight is 319 g/mol. The molecule has 2 rings (SSSR count). The summed E-state index contributed by atoms with van der Waals surface area (Å²) in [5.41, 5.74) is 1.11. The summed E-state index contributed by atoms with van der Waals surface area (Å²) < 4.78 is 5.35. The lowest BCUT2D eigenvalue weighted by atomic mass is 10.1. The van der Waals surface area contributed by atoms with Crippen molar-refractivity contribution in [3.63, 3.8) is 0 Å². The summed E-state index contributed by atoms with van der Waals surface area (Å²) in [6.45, 7) is 5.17. The highest BCUT2D eigenvalue weighted by molar-refractivity contribution is 5.84. The molecule has 2 atom stereocenters. The molecule has 0 spiro atoms. The monoisotopic (exact) mass is 319 g/mol. The lowest BCUT2D eigenvalue weighted by Gasteiger charge is -2.18. The summed E-state index contributed by atoms with van der Waals surface area (Å²) in [6, 6.07) is 7.64. The summed E-state index contributed by atoms with van der Waals surface area (Å²) in [5, 5.41) is 5.54. The molecule has 0 aromatic heterocycles. The molecule has 0 saturated heterocycles. The summed E-state index contributed by atoms with van der Waals surface area (Å²) >= 11 is 0.